The van der Waals surface area contributed by atoms with E-state index in [1.807, 2.05) is 6.92 Å². The molecule has 2 aromatic carbocycles. The second kappa shape index (κ2) is 6.57. The monoisotopic (exact) mass is 373 g/mol. The molecule has 26 heavy (non-hydrogen) atoms. The second-order valence-corrected chi connectivity index (χ2v) is 8.28. The molecule has 0 fully saturated rings. The van der Waals surface area contributed by atoms with Crippen LogP contribution in [0, 0.1) is 0 Å². The van der Waals surface area contributed by atoms with Crippen LogP contribution in [0.4, 0.5) is 5.69 Å². The van der Waals surface area contributed by atoms with Crippen molar-refractivity contribution in [3.05, 3.63) is 59.2 Å². The summed E-state index contributed by atoms with van der Waals surface area (Å²) in [5, 5.41) is 0. The van der Waals surface area contributed by atoms with E-state index in [0.717, 1.165) is 5.56 Å². The molecule has 1 aliphatic heterocycles. The number of nitrogens with zero attached hydrogens (tertiary/aromatic N) is 1. The summed E-state index contributed by atoms with van der Waals surface area (Å²) in [5.41, 5.74) is 2.28. The molecule has 1 atom stereocenters. The smallest absolute Gasteiger partial charge is 0.343 e. The van der Waals surface area contributed by atoms with Gasteiger partial charge in [0.15, 0.2) is 5.78 Å². The van der Waals surface area contributed by atoms with Gasteiger partial charge in [0.05, 0.1) is 17.5 Å². The molecule has 0 saturated heterocycles. The van der Waals surface area contributed by atoms with Crippen LogP contribution in [0.5, 0.6) is 5.75 Å². The number of hydrogen-bond donors (Lipinski definition) is 0. The quantitative estimate of drug-likeness (QED) is 0.468. The molecule has 0 saturated carbocycles. The number of hydrogen-bond acceptors (Lipinski definition) is 5. The number of rotatable bonds is 4. The van der Waals surface area contributed by atoms with Gasteiger partial charge < -0.3 is 4.74 Å². The Kier molecular flexibility index (Phi) is 4.58. The Hall–Kier alpha value is -2.67. The number of fused-ring (bicyclic) bond motifs is 1. The Morgan fingerprint density at radius 3 is 2.27 bits per heavy atom. The van der Waals surface area contributed by atoms with Gasteiger partial charge in [0, 0.05) is 11.6 Å². The van der Waals surface area contributed by atoms with Crippen LogP contribution in [-0.4, -0.2) is 32.5 Å². The first-order chi connectivity index (χ1) is 12.2. The molecule has 0 radical (unpaired) electrons. The maximum Gasteiger partial charge on any atom is 0.343 e. The normalized spacial score (nSPS) is 16.3. The number of carbonyl (C=O) groups is 2. The van der Waals surface area contributed by atoms with Gasteiger partial charge in [-0.05, 0) is 68.3 Å². The average molecular weight is 373 g/mol. The molecule has 0 N–H and O–H groups in total. The Morgan fingerprint density at radius 1 is 1.08 bits per heavy atom. The highest BCUT2D eigenvalue weighted by molar-refractivity contribution is 7.92. The lowest BCUT2D eigenvalue weighted by atomic mass is 10.1. The van der Waals surface area contributed by atoms with Gasteiger partial charge in [0.2, 0.25) is 10.0 Å². The van der Waals surface area contributed by atoms with E-state index in [9.17, 15) is 18.0 Å². The zero-order chi connectivity index (χ0) is 19.1. The number of anilines is 1. The molecule has 1 aliphatic rings. The molecule has 1 heterocycles. The van der Waals surface area contributed by atoms with Gasteiger partial charge in [-0.25, -0.2) is 13.2 Å². The molecule has 2 aromatic rings. The molecule has 0 unspecified atom stereocenters. The van der Waals surface area contributed by atoms with Crippen LogP contribution in [0.3, 0.4) is 0 Å². The summed E-state index contributed by atoms with van der Waals surface area (Å²) < 4.78 is 30.6. The van der Waals surface area contributed by atoms with Gasteiger partial charge in [-0.15, -0.1) is 0 Å². The van der Waals surface area contributed by atoms with Crippen molar-refractivity contribution < 1.29 is 22.7 Å². The summed E-state index contributed by atoms with van der Waals surface area (Å²) in [4.78, 5) is 23.6. The van der Waals surface area contributed by atoms with Crippen molar-refractivity contribution in [2.24, 2.45) is 0 Å². The topological polar surface area (TPSA) is 80.8 Å². The van der Waals surface area contributed by atoms with Crippen LogP contribution in [0.1, 0.15) is 40.1 Å². The fourth-order valence-electron chi connectivity index (χ4n) is 3.16. The van der Waals surface area contributed by atoms with Crippen molar-refractivity contribution >= 4 is 27.5 Å². The third-order valence-electron chi connectivity index (χ3n) is 4.30. The predicted molar refractivity (Wildman–Crippen MR) is 98.3 cm³/mol. The van der Waals surface area contributed by atoms with Crippen molar-refractivity contribution in [3.63, 3.8) is 0 Å². The highest BCUT2D eigenvalue weighted by Crippen LogP contribution is 2.34. The molecular weight excluding hydrogens is 354 g/mol. The fraction of sp³-hybridized carbons (Fsp3) is 0.263. The minimum Gasteiger partial charge on any atom is -0.423 e. The van der Waals surface area contributed by atoms with Gasteiger partial charge in [0.25, 0.3) is 0 Å². The SMILES string of the molecule is CC(=O)c1ccc(OC(=O)c2ccc3c(c2)C[C@@H](C)N3S(C)(=O)=O)cc1. The third kappa shape index (κ3) is 3.48. The largest absolute Gasteiger partial charge is 0.423 e. The van der Waals surface area contributed by atoms with Crippen LogP contribution in [0.15, 0.2) is 42.5 Å². The first-order valence-corrected chi connectivity index (χ1v) is 9.97. The number of benzene rings is 2. The van der Waals surface area contributed by atoms with Crippen molar-refractivity contribution in [2.75, 3.05) is 10.6 Å². The van der Waals surface area contributed by atoms with Crippen molar-refractivity contribution in [2.45, 2.75) is 26.3 Å². The zero-order valence-electron chi connectivity index (χ0n) is 14.7. The van der Waals surface area contributed by atoms with E-state index in [4.69, 9.17) is 4.74 Å². The van der Waals surface area contributed by atoms with Crippen LogP contribution in [0.25, 0.3) is 0 Å². The Morgan fingerprint density at radius 2 is 1.69 bits per heavy atom. The lowest BCUT2D eigenvalue weighted by Crippen LogP contribution is -2.34. The van der Waals surface area contributed by atoms with E-state index >= 15 is 0 Å². The second-order valence-electron chi connectivity index (χ2n) is 6.43. The third-order valence-corrected chi connectivity index (χ3v) is 5.57. The van der Waals surface area contributed by atoms with Gasteiger partial charge in [-0.2, -0.15) is 0 Å². The van der Waals surface area contributed by atoms with Crippen LogP contribution < -0.4 is 9.04 Å². The van der Waals surface area contributed by atoms with Crippen LogP contribution in [-0.2, 0) is 16.4 Å². The summed E-state index contributed by atoms with van der Waals surface area (Å²) in [7, 11) is -3.37. The van der Waals surface area contributed by atoms with Gasteiger partial charge in [-0.3, -0.25) is 9.10 Å². The Balaban J connectivity index is 1.82. The molecule has 6 nitrogen and oxygen atoms in total. The average Bonchev–Trinajstić information content (AvgIpc) is 2.90. The standard InChI is InChI=1S/C19H19NO5S/c1-12-10-16-11-15(6-9-18(16)20(12)26(3,23)24)19(22)25-17-7-4-14(5-8-17)13(2)21/h4-9,11-12H,10H2,1-3H3/t12-/m1/s1. The fourth-order valence-corrected chi connectivity index (χ4v) is 4.42. The lowest BCUT2D eigenvalue weighted by Gasteiger charge is -2.21. The highest BCUT2D eigenvalue weighted by atomic mass is 32.2. The first kappa shape index (κ1) is 18.1. The van der Waals surface area contributed by atoms with Gasteiger partial charge in [0.1, 0.15) is 5.75 Å². The Labute approximate surface area is 152 Å². The van der Waals surface area contributed by atoms with Crippen molar-refractivity contribution in [1.29, 1.82) is 0 Å². The van der Waals surface area contributed by atoms with Crippen molar-refractivity contribution in [3.8, 4) is 5.75 Å². The molecule has 136 valence electrons. The number of sulfonamides is 1. The molecule has 3 rings (SSSR count). The number of carbonyl (C=O) groups excluding carboxylic acids is 2. The van der Waals surface area contributed by atoms with E-state index in [-0.39, 0.29) is 11.8 Å². The maximum atomic E-state index is 12.4. The Bertz CT molecular complexity index is 979. The molecule has 0 amide bonds. The molecule has 0 aliphatic carbocycles. The minimum absolute atomic E-state index is 0.0638. The first-order valence-electron chi connectivity index (χ1n) is 8.12. The summed E-state index contributed by atoms with van der Waals surface area (Å²) in [6.07, 6.45) is 1.71. The maximum absolute atomic E-state index is 12.4. The number of esters is 1. The molecular formula is C19H19NO5S. The van der Waals surface area contributed by atoms with Crippen LogP contribution in [0.2, 0.25) is 0 Å². The summed E-state index contributed by atoms with van der Waals surface area (Å²) in [5.74, 6) is -0.258. The van der Waals surface area contributed by atoms with Crippen molar-refractivity contribution in [1.82, 2.24) is 0 Å². The molecule has 0 bridgehead atoms. The highest BCUT2D eigenvalue weighted by Gasteiger charge is 2.32. The number of ether oxygens (including phenoxy) is 1. The van der Waals surface area contributed by atoms with E-state index in [1.165, 1.54) is 17.5 Å². The van der Waals surface area contributed by atoms with Gasteiger partial charge in [-0.1, -0.05) is 0 Å². The zero-order valence-corrected chi connectivity index (χ0v) is 15.5. The summed E-state index contributed by atoms with van der Waals surface area (Å²) >= 11 is 0. The summed E-state index contributed by atoms with van der Waals surface area (Å²) in [6.45, 7) is 3.29. The van der Waals surface area contributed by atoms with Crippen LogP contribution >= 0.6 is 0 Å². The minimum atomic E-state index is -3.37. The molecule has 0 spiro atoms. The number of ketones is 1. The van der Waals surface area contributed by atoms with Gasteiger partial charge >= 0.3 is 5.97 Å². The van der Waals surface area contributed by atoms with E-state index in [1.54, 1.807) is 42.5 Å². The predicted octanol–water partition coefficient (Wildman–Crippen LogP) is 2.82. The number of Topliss-reactive ketones (excluding diaryl/α,β-unsaturated/α-hetero) is 1. The molecule has 0 aromatic heterocycles. The lowest BCUT2D eigenvalue weighted by molar-refractivity contribution is 0.0734. The van der Waals surface area contributed by atoms with E-state index < -0.39 is 16.0 Å². The molecule has 7 heteroatoms. The summed E-state index contributed by atoms with van der Waals surface area (Å²) in [6, 6.07) is 11.0. The van der Waals surface area contributed by atoms with E-state index in [0.29, 0.717) is 29.0 Å². The van der Waals surface area contributed by atoms with E-state index in [2.05, 4.69) is 0 Å².